The van der Waals surface area contributed by atoms with Gasteiger partial charge in [-0.25, -0.2) is 4.39 Å². The quantitative estimate of drug-likeness (QED) is 0.347. The normalized spacial score (nSPS) is 18.5. The van der Waals surface area contributed by atoms with E-state index in [1.54, 1.807) is 6.07 Å². The topological polar surface area (TPSA) is 80.9 Å². The summed E-state index contributed by atoms with van der Waals surface area (Å²) in [6.07, 6.45) is 6.44. The largest absolute Gasteiger partial charge is 0.388 e. The number of aromatic nitrogens is 3. The van der Waals surface area contributed by atoms with Crippen molar-refractivity contribution in [3.8, 4) is 0 Å². The monoisotopic (exact) mass is 428 g/mol. The minimum atomic E-state index is -0.243. The molecule has 0 aliphatic carbocycles. The van der Waals surface area contributed by atoms with Gasteiger partial charge >= 0.3 is 0 Å². The van der Waals surface area contributed by atoms with Crippen LogP contribution in [0.25, 0.3) is 16.6 Å². The summed E-state index contributed by atoms with van der Waals surface area (Å²) in [5, 5.41) is 15.2. The van der Waals surface area contributed by atoms with Gasteiger partial charge in [0.15, 0.2) is 0 Å². The molecule has 162 valence electrons. The molecule has 0 spiro atoms. The Balaban J connectivity index is 1.40. The number of nitrogens with zero attached hydrogens (tertiary/aromatic N) is 2. The summed E-state index contributed by atoms with van der Waals surface area (Å²) in [5.41, 5.74) is 7.15. The second-order valence-corrected chi connectivity index (χ2v) is 8.20. The predicted molar refractivity (Wildman–Crippen MR) is 126 cm³/mol. The summed E-state index contributed by atoms with van der Waals surface area (Å²) in [4.78, 5) is 7.60. The maximum absolute atomic E-state index is 13.8. The molecule has 32 heavy (non-hydrogen) atoms. The first-order valence-electron chi connectivity index (χ1n) is 10.6. The van der Waals surface area contributed by atoms with Crippen LogP contribution >= 0.6 is 0 Å². The second kappa shape index (κ2) is 8.43. The molecule has 2 atom stereocenters. The van der Waals surface area contributed by atoms with Crippen LogP contribution in [0.2, 0.25) is 0 Å². The summed E-state index contributed by atoms with van der Waals surface area (Å²) >= 11 is 0. The molecule has 1 aliphatic rings. The molecule has 4 aromatic rings. The standard InChI is InChI=1S/C25H25FN6/c1-15-3-5-16(6-4-15)23(27-2)14-28-13-19-10-21-20-8-7-18(26)9-22(20)32-25(21)24(31-19)17-11-29-30-12-17/h3-9,11-12,14,19,24,28,31-32H,2,10,13H2,1H3,(H,29,30)/b23-14-. The molecular formula is C25H25FN6. The van der Waals surface area contributed by atoms with Crippen molar-refractivity contribution in [2.24, 2.45) is 4.99 Å². The second-order valence-electron chi connectivity index (χ2n) is 8.20. The molecule has 1 aliphatic heterocycles. The van der Waals surface area contributed by atoms with Gasteiger partial charge in [-0.15, -0.1) is 0 Å². The van der Waals surface area contributed by atoms with E-state index >= 15 is 0 Å². The van der Waals surface area contributed by atoms with Gasteiger partial charge in [0.2, 0.25) is 0 Å². The number of aromatic amines is 2. The highest BCUT2D eigenvalue weighted by atomic mass is 19.1. The van der Waals surface area contributed by atoms with Gasteiger partial charge in [0.1, 0.15) is 5.82 Å². The third kappa shape index (κ3) is 3.83. The van der Waals surface area contributed by atoms with Crippen LogP contribution in [0.3, 0.4) is 0 Å². The first kappa shape index (κ1) is 20.2. The van der Waals surface area contributed by atoms with Crippen LogP contribution in [0.4, 0.5) is 4.39 Å². The minimum Gasteiger partial charge on any atom is -0.388 e. The van der Waals surface area contributed by atoms with Gasteiger partial charge in [-0.05, 0) is 43.8 Å². The Labute approximate surface area is 185 Å². The molecule has 0 bridgehead atoms. The molecule has 2 unspecified atom stereocenters. The van der Waals surface area contributed by atoms with Gasteiger partial charge in [0.25, 0.3) is 0 Å². The smallest absolute Gasteiger partial charge is 0.125 e. The fourth-order valence-electron chi connectivity index (χ4n) is 4.39. The van der Waals surface area contributed by atoms with Crippen molar-refractivity contribution < 1.29 is 4.39 Å². The molecular weight excluding hydrogens is 403 g/mol. The van der Waals surface area contributed by atoms with E-state index in [0.29, 0.717) is 6.54 Å². The Bertz CT molecular complexity index is 1270. The SMILES string of the molecule is C=N/C(=C\NCC1Cc2c([nH]c3cc(F)ccc23)C(c2cn[nH]c2)N1)c1ccc(C)cc1. The fourth-order valence-corrected chi connectivity index (χ4v) is 4.39. The van der Waals surface area contributed by atoms with Crippen molar-refractivity contribution in [3.63, 3.8) is 0 Å². The highest BCUT2D eigenvalue weighted by molar-refractivity contribution is 5.85. The van der Waals surface area contributed by atoms with E-state index in [9.17, 15) is 4.39 Å². The molecule has 0 fully saturated rings. The number of rotatable bonds is 6. The lowest BCUT2D eigenvalue weighted by atomic mass is 9.91. The average molecular weight is 429 g/mol. The van der Waals surface area contributed by atoms with Gasteiger partial charge in [0.05, 0.1) is 17.9 Å². The van der Waals surface area contributed by atoms with Crippen LogP contribution in [0.1, 0.15) is 34.0 Å². The molecule has 0 saturated heterocycles. The molecule has 0 saturated carbocycles. The highest BCUT2D eigenvalue weighted by Gasteiger charge is 2.31. The fraction of sp³-hybridized carbons (Fsp3) is 0.200. The zero-order valence-electron chi connectivity index (χ0n) is 17.8. The van der Waals surface area contributed by atoms with Gasteiger partial charge in [-0.1, -0.05) is 29.8 Å². The summed E-state index contributed by atoms with van der Waals surface area (Å²) < 4.78 is 13.8. The minimum absolute atomic E-state index is 0.0576. The Hall–Kier alpha value is -3.71. The molecule has 7 heteroatoms. The van der Waals surface area contributed by atoms with Crippen LogP contribution in [-0.2, 0) is 6.42 Å². The number of H-pyrrole nitrogens is 2. The Kier molecular flexibility index (Phi) is 5.33. The zero-order valence-corrected chi connectivity index (χ0v) is 17.8. The van der Waals surface area contributed by atoms with E-state index in [1.165, 1.54) is 17.2 Å². The third-order valence-electron chi connectivity index (χ3n) is 6.02. The molecule has 5 rings (SSSR count). The Morgan fingerprint density at radius 2 is 2.12 bits per heavy atom. The number of fused-ring (bicyclic) bond motifs is 3. The van der Waals surface area contributed by atoms with Crippen LogP contribution in [0.15, 0.2) is 66.1 Å². The van der Waals surface area contributed by atoms with Gasteiger partial charge < -0.3 is 15.6 Å². The summed E-state index contributed by atoms with van der Waals surface area (Å²) in [6, 6.07) is 13.3. The van der Waals surface area contributed by atoms with Crippen molar-refractivity contribution in [1.29, 1.82) is 0 Å². The molecule has 0 amide bonds. The number of halogens is 1. The number of benzene rings is 2. The van der Waals surface area contributed by atoms with E-state index in [-0.39, 0.29) is 17.9 Å². The van der Waals surface area contributed by atoms with Crippen LogP contribution in [0.5, 0.6) is 0 Å². The predicted octanol–water partition coefficient (Wildman–Crippen LogP) is 4.23. The highest BCUT2D eigenvalue weighted by Crippen LogP contribution is 2.35. The Morgan fingerprint density at radius 3 is 2.88 bits per heavy atom. The molecule has 0 radical (unpaired) electrons. The molecule has 2 aromatic carbocycles. The summed E-state index contributed by atoms with van der Waals surface area (Å²) in [7, 11) is 0. The van der Waals surface area contributed by atoms with Crippen LogP contribution < -0.4 is 10.6 Å². The third-order valence-corrected chi connectivity index (χ3v) is 6.02. The van der Waals surface area contributed by atoms with Gasteiger partial charge in [0, 0.05) is 52.7 Å². The maximum Gasteiger partial charge on any atom is 0.125 e. The zero-order chi connectivity index (χ0) is 22.1. The van der Waals surface area contributed by atoms with Crippen molar-refractivity contribution >= 4 is 23.3 Å². The van der Waals surface area contributed by atoms with E-state index in [2.05, 4.69) is 56.6 Å². The maximum atomic E-state index is 13.8. The first-order valence-corrected chi connectivity index (χ1v) is 10.6. The number of hydrogen-bond acceptors (Lipinski definition) is 4. The van der Waals surface area contributed by atoms with Crippen molar-refractivity contribution in [3.05, 3.63) is 94.8 Å². The molecule has 6 nitrogen and oxygen atoms in total. The Morgan fingerprint density at radius 1 is 1.28 bits per heavy atom. The van der Waals surface area contributed by atoms with Crippen molar-refractivity contribution in [2.75, 3.05) is 6.54 Å². The lowest BCUT2D eigenvalue weighted by molar-refractivity contribution is 0.426. The van der Waals surface area contributed by atoms with Crippen LogP contribution in [0, 0.1) is 12.7 Å². The van der Waals surface area contributed by atoms with Crippen LogP contribution in [-0.4, -0.2) is 34.5 Å². The molecule has 4 N–H and O–H groups in total. The lowest BCUT2D eigenvalue weighted by Crippen LogP contribution is -2.44. The number of aryl methyl sites for hydroxylation is 1. The number of nitrogens with one attached hydrogen (secondary N) is 4. The molecule has 2 aromatic heterocycles. The van der Waals surface area contributed by atoms with Gasteiger partial charge in [-0.3, -0.25) is 10.1 Å². The summed E-state index contributed by atoms with van der Waals surface area (Å²) in [6.45, 7) is 6.48. The van der Waals surface area contributed by atoms with Crippen molar-refractivity contribution in [2.45, 2.75) is 25.4 Å². The van der Waals surface area contributed by atoms with Crippen molar-refractivity contribution in [1.82, 2.24) is 25.8 Å². The van der Waals surface area contributed by atoms with E-state index in [4.69, 9.17) is 0 Å². The van der Waals surface area contributed by atoms with E-state index < -0.39 is 0 Å². The lowest BCUT2D eigenvalue weighted by Gasteiger charge is -2.31. The summed E-state index contributed by atoms with van der Waals surface area (Å²) in [5.74, 6) is -0.243. The van der Waals surface area contributed by atoms with E-state index in [1.807, 2.05) is 36.8 Å². The number of aliphatic imine (C=N–C) groups is 1. The van der Waals surface area contributed by atoms with Gasteiger partial charge in [-0.2, -0.15) is 5.10 Å². The first-order chi connectivity index (χ1) is 15.6. The number of hydrogen-bond donors (Lipinski definition) is 4. The average Bonchev–Trinajstić information content (AvgIpc) is 3.45. The van der Waals surface area contributed by atoms with E-state index in [0.717, 1.165) is 39.8 Å². The molecule has 3 heterocycles.